The Hall–Kier alpha value is -4.27. The molecule has 0 saturated carbocycles. The van der Waals surface area contributed by atoms with Gasteiger partial charge >= 0.3 is 0 Å². The molecule has 47 heavy (non-hydrogen) atoms. The molecule has 0 amide bonds. The van der Waals surface area contributed by atoms with E-state index in [0.717, 1.165) is 36.4 Å². The number of hydrogen-bond acceptors (Lipinski definition) is 6. The number of rotatable bonds is 8. The number of aromatic nitrogens is 2. The minimum Gasteiger partial charge on any atom is -0.395 e. The van der Waals surface area contributed by atoms with Crippen LogP contribution >= 0.6 is 23.1 Å². The highest BCUT2D eigenvalue weighted by Gasteiger charge is 2.30. The first kappa shape index (κ1) is 30.1. The maximum Gasteiger partial charge on any atom is 0.262 e. The predicted molar refractivity (Wildman–Crippen MR) is 193 cm³/mol. The van der Waals surface area contributed by atoms with Gasteiger partial charge in [-0.15, -0.1) is 0 Å². The van der Waals surface area contributed by atoms with Crippen LogP contribution < -0.4 is 9.47 Å². The maximum atomic E-state index is 9.98. The first-order valence-corrected chi connectivity index (χ1v) is 17.9. The van der Waals surface area contributed by atoms with Crippen molar-refractivity contribution in [2.24, 2.45) is 0 Å². The minimum atomic E-state index is 0.0897. The molecule has 2 aromatic heterocycles. The normalized spacial score (nSPS) is 17.4. The number of β-amino-alcohol motifs (C(OH)–C–C–N with tert-alkyl or cyclic N) is 1. The SMILES string of the molecule is OCCN1/C(=C\C=C2\CCC(/C=C/c3sc4c([n+]3CCO)Cc3ccccc3C4)=C2c2ccncc2)Sc2cc3ccccc3cc21. The number of aliphatic hydroxyl groups is 2. The summed E-state index contributed by atoms with van der Waals surface area (Å²) in [5.74, 6) is 0. The molecule has 2 N–H and O–H groups in total. The van der Waals surface area contributed by atoms with Crippen molar-refractivity contribution in [2.75, 3.05) is 24.7 Å². The van der Waals surface area contributed by atoms with E-state index in [1.165, 1.54) is 64.7 Å². The molecule has 0 spiro atoms. The molecule has 0 radical (unpaired) electrons. The Kier molecular flexibility index (Phi) is 8.38. The van der Waals surface area contributed by atoms with Gasteiger partial charge in [-0.25, -0.2) is 0 Å². The Bertz CT molecular complexity index is 2110. The summed E-state index contributed by atoms with van der Waals surface area (Å²) in [6.07, 6.45) is 16.6. The molecule has 3 heterocycles. The summed E-state index contributed by atoms with van der Waals surface area (Å²) in [7, 11) is 0. The van der Waals surface area contributed by atoms with Gasteiger partial charge in [-0.05, 0) is 87.4 Å². The molecule has 234 valence electrons. The van der Waals surface area contributed by atoms with Crippen molar-refractivity contribution < 1.29 is 14.8 Å². The number of aliphatic hydroxyl groups excluding tert-OH is 2. The zero-order chi connectivity index (χ0) is 31.7. The van der Waals surface area contributed by atoms with Crippen molar-refractivity contribution in [3.63, 3.8) is 0 Å². The largest absolute Gasteiger partial charge is 0.395 e. The fourth-order valence-electron chi connectivity index (χ4n) is 7.11. The van der Waals surface area contributed by atoms with E-state index in [-0.39, 0.29) is 13.2 Å². The van der Waals surface area contributed by atoms with Gasteiger partial charge in [0.1, 0.15) is 6.61 Å². The molecule has 0 unspecified atom stereocenters. The smallest absolute Gasteiger partial charge is 0.262 e. The summed E-state index contributed by atoms with van der Waals surface area (Å²) in [6.45, 7) is 1.36. The van der Waals surface area contributed by atoms with Crippen molar-refractivity contribution in [1.82, 2.24) is 4.98 Å². The van der Waals surface area contributed by atoms with Crippen molar-refractivity contribution in [2.45, 2.75) is 37.1 Å². The first-order valence-electron chi connectivity index (χ1n) is 16.2. The van der Waals surface area contributed by atoms with Gasteiger partial charge in [-0.3, -0.25) is 4.98 Å². The number of nitrogens with zero attached hydrogens (tertiary/aromatic N) is 3. The Morgan fingerprint density at radius 1 is 0.830 bits per heavy atom. The van der Waals surface area contributed by atoms with E-state index in [1.54, 1.807) is 11.8 Å². The highest BCUT2D eigenvalue weighted by atomic mass is 32.2. The van der Waals surface area contributed by atoms with E-state index < -0.39 is 0 Å². The number of benzene rings is 3. The van der Waals surface area contributed by atoms with Crippen LogP contribution in [0.25, 0.3) is 22.4 Å². The lowest BCUT2D eigenvalue weighted by atomic mass is 9.93. The first-order chi connectivity index (χ1) is 23.2. The van der Waals surface area contributed by atoms with Crippen LogP contribution in [0.4, 0.5) is 5.69 Å². The summed E-state index contributed by atoms with van der Waals surface area (Å²) in [6, 6.07) is 25.9. The van der Waals surface area contributed by atoms with Gasteiger partial charge in [-0.2, -0.15) is 4.57 Å². The van der Waals surface area contributed by atoms with Crippen LogP contribution in [0, 0.1) is 0 Å². The van der Waals surface area contributed by atoms with Gasteiger partial charge in [0.25, 0.3) is 5.01 Å². The van der Waals surface area contributed by atoms with Gasteiger partial charge in [0.15, 0.2) is 6.54 Å². The third-order valence-electron chi connectivity index (χ3n) is 9.34. The third kappa shape index (κ3) is 5.78. The molecule has 3 aromatic carbocycles. The van der Waals surface area contributed by atoms with Crippen LogP contribution in [0.2, 0.25) is 0 Å². The second kappa shape index (κ2) is 13.1. The lowest BCUT2D eigenvalue weighted by Gasteiger charge is -2.19. The van der Waals surface area contributed by atoms with Crippen LogP contribution in [0.15, 0.2) is 124 Å². The molecular weight excluding hydrogens is 619 g/mol. The summed E-state index contributed by atoms with van der Waals surface area (Å²) in [4.78, 5) is 9.16. The standard InChI is InChI=1S/C40H36N3O2S2/c44-21-19-42-34-23-30-5-1-3-7-32(30)25-36(34)46-38(42)13-11-27-9-10-28(40(27)29-15-17-41-18-16-29)12-14-39-43(20-22-45)35-24-31-6-2-4-8-33(31)26-37(35)47-39/h1-8,11-18,23,25,44-45H,9-10,19-22,24,26H2/q+1. The molecule has 5 aromatic rings. The molecule has 0 saturated heterocycles. The van der Waals surface area contributed by atoms with E-state index in [2.05, 4.69) is 112 Å². The molecule has 0 bridgehead atoms. The number of anilines is 1. The Morgan fingerprint density at radius 2 is 1.60 bits per heavy atom. The van der Waals surface area contributed by atoms with Gasteiger partial charge in [0.2, 0.25) is 5.69 Å². The molecule has 2 aliphatic carbocycles. The molecule has 7 heteroatoms. The Morgan fingerprint density at radius 3 is 2.38 bits per heavy atom. The topological polar surface area (TPSA) is 60.5 Å². The molecule has 8 rings (SSSR count). The van der Waals surface area contributed by atoms with Crippen molar-refractivity contribution in [1.29, 1.82) is 0 Å². The zero-order valence-corrected chi connectivity index (χ0v) is 27.7. The van der Waals surface area contributed by atoms with E-state index in [4.69, 9.17) is 0 Å². The van der Waals surface area contributed by atoms with Gasteiger partial charge in [0.05, 0.1) is 28.6 Å². The lowest BCUT2D eigenvalue weighted by molar-refractivity contribution is -0.702. The molecule has 0 fully saturated rings. The van der Waals surface area contributed by atoms with E-state index in [1.807, 2.05) is 23.7 Å². The quantitative estimate of drug-likeness (QED) is 0.165. The number of thiazole rings is 1. The summed E-state index contributed by atoms with van der Waals surface area (Å²) < 4.78 is 2.32. The molecule has 1 aliphatic heterocycles. The minimum absolute atomic E-state index is 0.0897. The average Bonchev–Trinajstić information content (AvgIpc) is 3.77. The summed E-state index contributed by atoms with van der Waals surface area (Å²) in [5, 5.41) is 24.7. The highest BCUT2D eigenvalue weighted by molar-refractivity contribution is 8.03. The Balaban J connectivity index is 1.15. The predicted octanol–water partition coefficient (Wildman–Crippen LogP) is 7.70. The highest BCUT2D eigenvalue weighted by Crippen LogP contribution is 2.48. The van der Waals surface area contributed by atoms with Crippen molar-refractivity contribution in [3.05, 3.63) is 152 Å². The molecule has 0 atom stereocenters. The fraction of sp³-hybridized carbons (Fsp3) is 0.200. The van der Waals surface area contributed by atoms with E-state index in [0.29, 0.717) is 13.1 Å². The second-order valence-corrected chi connectivity index (χ2v) is 14.3. The van der Waals surface area contributed by atoms with Crippen molar-refractivity contribution >= 4 is 51.2 Å². The third-order valence-corrected chi connectivity index (χ3v) is 11.6. The molecule has 5 nitrogen and oxygen atoms in total. The Labute approximate surface area is 283 Å². The van der Waals surface area contributed by atoms with Gasteiger partial charge in [0, 0.05) is 36.3 Å². The van der Waals surface area contributed by atoms with E-state index >= 15 is 0 Å². The monoisotopic (exact) mass is 654 g/mol. The fourth-order valence-corrected chi connectivity index (χ4v) is 9.46. The van der Waals surface area contributed by atoms with Crippen LogP contribution in [0.1, 0.15) is 45.1 Å². The number of thioether (sulfide) groups is 1. The zero-order valence-electron chi connectivity index (χ0n) is 26.1. The van der Waals surface area contributed by atoms with Crippen LogP contribution in [0.5, 0.6) is 0 Å². The van der Waals surface area contributed by atoms with Crippen LogP contribution in [-0.2, 0) is 19.4 Å². The van der Waals surface area contributed by atoms with E-state index in [9.17, 15) is 10.2 Å². The number of allylic oxidation sites excluding steroid dienone is 6. The van der Waals surface area contributed by atoms with Gasteiger partial charge in [-0.1, -0.05) is 83.8 Å². The molecular formula is C40H36N3O2S2+. The number of fused-ring (bicyclic) bond motifs is 4. The van der Waals surface area contributed by atoms with Crippen LogP contribution in [-0.4, -0.2) is 35.0 Å². The second-order valence-electron chi connectivity index (χ2n) is 12.1. The average molecular weight is 655 g/mol. The number of hydrogen-bond donors (Lipinski definition) is 2. The van der Waals surface area contributed by atoms with Gasteiger partial charge < -0.3 is 15.1 Å². The number of pyridine rings is 1. The summed E-state index contributed by atoms with van der Waals surface area (Å²) >= 11 is 3.62. The van der Waals surface area contributed by atoms with Crippen LogP contribution in [0.3, 0.4) is 0 Å². The summed E-state index contributed by atoms with van der Waals surface area (Å²) in [5.41, 5.74) is 10.3. The molecule has 3 aliphatic rings. The van der Waals surface area contributed by atoms with Crippen molar-refractivity contribution in [3.8, 4) is 0 Å². The maximum absolute atomic E-state index is 9.98. The lowest BCUT2D eigenvalue weighted by Crippen LogP contribution is -2.41.